The Morgan fingerprint density at radius 1 is 1.10 bits per heavy atom. The van der Waals surface area contributed by atoms with Crippen molar-refractivity contribution in [3.05, 3.63) is 79.9 Å². The van der Waals surface area contributed by atoms with Gasteiger partial charge in [-0.3, -0.25) is 4.79 Å². The number of halogens is 3. The zero-order valence-electron chi connectivity index (χ0n) is 16.1. The minimum absolute atomic E-state index is 0.0904. The molecule has 0 fully saturated rings. The van der Waals surface area contributed by atoms with E-state index in [0.29, 0.717) is 48.8 Å². The van der Waals surface area contributed by atoms with Crippen LogP contribution in [0.4, 0.5) is 5.95 Å². The summed E-state index contributed by atoms with van der Waals surface area (Å²) in [5, 5.41) is 10.0. The zero-order valence-corrected chi connectivity index (χ0v) is 19.2. The number of Topliss-reactive ketones (excluding diaryl/α,β-unsaturated/α-hetero) is 1. The molecule has 154 valence electrons. The number of benzene rings is 2. The van der Waals surface area contributed by atoms with Gasteiger partial charge in [0.05, 0.1) is 0 Å². The molecule has 2 heterocycles. The third-order valence-corrected chi connectivity index (χ3v) is 6.71. The van der Waals surface area contributed by atoms with Gasteiger partial charge in [-0.05, 0) is 37.6 Å². The summed E-state index contributed by atoms with van der Waals surface area (Å²) in [5.41, 5.74) is 2.87. The molecular formula is C21H17Cl3N4OS. The van der Waals surface area contributed by atoms with Crippen LogP contribution in [0.5, 0.6) is 0 Å². The van der Waals surface area contributed by atoms with Crippen molar-refractivity contribution < 1.29 is 4.79 Å². The quantitative estimate of drug-likeness (QED) is 0.429. The summed E-state index contributed by atoms with van der Waals surface area (Å²) < 4.78 is 1.67. The molecule has 0 bridgehead atoms. The highest BCUT2D eigenvalue weighted by molar-refractivity contribution is 7.98. The largest absolute Gasteiger partial charge is 0.328 e. The second-order valence-corrected chi connectivity index (χ2v) is 8.96. The molecule has 1 atom stereocenters. The van der Waals surface area contributed by atoms with Gasteiger partial charge in [0.15, 0.2) is 5.78 Å². The van der Waals surface area contributed by atoms with Crippen molar-refractivity contribution in [3.8, 4) is 0 Å². The van der Waals surface area contributed by atoms with Crippen molar-refractivity contribution in [2.45, 2.75) is 30.8 Å². The summed E-state index contributed by atoms with van der Waals surface area (Å²) >= 11 is 20.7. The molecule has 3 aromatic rings. The Bertz CT molecular complexity index is 1150. The molecule has 0 radical (unpaired) electrons. The number of rotatable bonds is 5. The lowest BCUT2D eigenvalue weighted by molar-refractivity contribution is -0.114. The standard InChI is InChI=1S/C21H17Cl3N4OS/c1-11-17(12(2)29)19(18-15(23)8-5-9-16(18)24)28-20(25-11)26-21(27-28)30-10-13-6-3-4-7-14(13)22/h3-9,19H,10H2,1-2H3,(H,25,26,27). The fourth-order valence-electron chi connectivity index (χ4n) is 3.45. The molecule has 0 saturated carbocycles. The molecule has 0 aliphatic carbocycles. The first kappa shape index (κ1) is 21.2. The van der Waals surface area contributed by atoms with Gasteiger partial charge < -0.3 is 5.32 Å². The molecule has 0 saturated heterocycles. The first-order valence-electron chi connectivity index (χ1n) is 9.12. The second kappa shape index (κ2) is 8.63. The number of nitrogens with one attached hydrogen (secondary N) is 1. The first-order valence-corrected chi connectivity index (χ1v) is 11.2. The Hall–Kier alpha value is -1.99. The van der Waals surface area contributed by atoms with Crippen molar-refractivity contribution in [2.24, 2.45) is 0 Å². The Labute approximate surface area is 193 Å². The van der Waals surface area contributed by atoms with E-state index in [1.807, 2.05) is 31.2 Å². The van der Waals surface area contributed by atoms with Gasteiger partial charge in [-0.25, -0.2) is 4.68 Å². The summed E-state index contributed by atoms with van der Waals surface area (Å²) in [6, 6.07) is 12.4. The fraction of sp³-hybridized carbons (Fsp3) is 0.190. The molecule has 1 aliphatic heterocycles. The molecule has 1 aromatic heterocycles. The summed E-state index contributed by atoms with van der Waals surface area (Å²) in [6.45, 7) is 3.36. The summed E-state index contributed by atoms with van der Waals surface area (Å²) in [7, 11) is 0. The van der Waals surface area contributed by atoms with Crippen LogP contribution in [0.1, 0.15) is 31.0 Å². The normalized spacial score (nSPS) is 15.7. The van der Waals surface area contributed by atoms with Crippen LogP contribution in [0.2, 0.25) is 15.1 Å². The Morgan fingerprint density at radius 3 is 2.43 bits per heavy atom. The van der Waals surface area contributed by atoms with Gasteiger partial charge in [0.2, 0.25) is 11.1 Å². The topological polar surface area (TPSA) is 59.8 Å². The number of carbonyl (C=O) groups is 1. The SMILES string of the molecule is CC(=O)C1=C(C)Nc2nc(SCc3ccccc3Cl)nn2C1c1c(Cl)cccc1Cl. The number of anilines is 1. The van der Waals surface area contributed by atoms with E-state index in [9.17, 15) is 4.79 Å². The number of allylic oxidation sites excluding steroid dienone is 2. The van der Waals surface area contributed by atoms with Crippen LogP contribution >= 0.6 is 46.6 Å². The molecule has 2 aromatic carbocycles. The van der Waals surface area contributed by atoms with Crippen LogP contribution in [0, 0.1) is 0 Å². The van der Waals surface area contributed by atoms with Gasteiger partial charge in [-0.1, -0.05) is 70.8 Å². The number of hydrogen-bond donors (Lipinski definition) is 1. The smallest absolute Gasteiger partial charge is 0.227 e. The first-order chi connectivity index (χ1) is 14.4. The van der Waals surface area contributed by atoms with Crippen molar-refractivity contribution in [1.29, 1.82) is 0 Å². The molecule has 9 heteroatoms. The minimum Gasteiger partial charge on any atom is -0.328 e. The molecule has 1 N–H and O–H groups in total. The van der Waals surface area contributed by atoms with Crippen LogP contribution in [0.3, 0.4) is 0 Å². The number of nitrogens with zero attached hydrogens (tertiary/aromatic N) is 3. The maximum absolute atomic E-state index is 12.5. The van der Waals surface area contributed by atoms with Crippen LogP contribution in [0.15, 0.2) is 58.9 Å². The molecule has 1 aliphatic rings. The summed E-state index contributed by atoms with van der Waals surface area (Å²) in [6.07, 6.45) is 0. The minimum atomic E-state index is -0.567. The molecule has 4 rings (SSSR count). The number of carbonyl (C=O) groups excluding carboxylic acids is 1. The lowest BCUT2D eigenvalue weighted by atomic mass is 9.93. The van der Waals surface area contributed by atoms with Crippen molar-refractivity contribution in [1.82, 2.24) is 14.8 Å². The van der Waals surface area contributed by atoms with Crippen molar-refractivity contribution in [3.63, 3.8) is 0 Å². The Morgan fingerprint density at radius 2 is 1.77 bits per heavy atom. The van der Waals surface area contributed by atoms with E-state index in [4.69, 9.17) is 34.8 Å². The predicted octanol–water partition coefficient (Wildman–Crippen LogP) is 6.41. The van der Waals surface area contributed by atoms with E-state index in [2.05, 4.69) is 15.4 Å². The summed E-state index contributed by atoms with van der Waals surface area (Å²) in [4.78, 5) is 17.1. The second-order valence-electron chi connectivity index (χ2n) is 6.80. The maximum atomic E-state index is 12.5. The highest BCUT2D eigenvalue weighted by Gasteiger charge is 2.35. The van der Waals surface area contributed by atoms with Crippen molar-refractivity contribution >= 4 is 58.3 Å². The van der Waals surface area contributed by atoms with E-state index >= 15 is 0 Å². The van der Waals surface area contributed by atoms with Gasteiger partial charge >= 0.3 is 0 Å². The number of fused-ring (bicyclic) bond motifs is 1. The number of ketones is 1. The van der Waals surface area contributed by atoms with E-state index in [1.54, 1.807) is 22.9 Å². The fourth-order valence-corrected chi connectivity index (χ4v) is 5.16. The number of aromatic nitrogens is 3. The molecule has 1 unspecified atom stereocenters. The molecular weight excluding hydrogens is 463 g/mol. The lowest BCUT2D eigenvalue weighted by Crippen LogP contribution is -2.28. The predicted molar refractivity (Wildman–Crippen MR) is 123 cm³/mol. The van der Waals surface area contributed by atoms with Gasteiger partial charge in [0.1, 0.15) is 6.04 Å². The molecule has 30 heavy (non-hydrogen) atoms. The van der Waals surface area contributed by atoms with E-state index in [-0.39, 0.29) is 5.78 Å². The number of thioether (sulfide) groups is 1. The van der Waals surface area contributed by atoms with Gasteiger partial charge in [-0.15, -0.1) is 5.10 Å². The van der Waals surface area contributed by atoms with E-state index in [1.165, 1.54) is 18.7 Å². The molecule has 0 amide bonds. The summed E-state index contributed by atoms with van der Waals surface area (Å²) in [5.74, 6) is 1.06. The average molecular weight is 480 g/mol. The molecule has 5 nitrogen and oxygen atoms in total. The zero-order chi connectivity index (χ0) is 21.4. The van der Waals surface area contributed by atoms with Crippen LogP contribution in [-0.4, -0.2) is 20.5 Å². The van der Waals surface area contributed by atoms with Gasteiger partial charge in [0, 0.05) is 37.7 Å². The van der Waals surface area contributed by atoms with Crippen LogP contribution < -0.4 is 5.32 Å². The van der Waals surface area contributed by atoms with Crippen molar-refractivity contribution in [2.75, 3.05) is 5.32 Å². The Kier molecular flexibility index (Phi) is 6.11. The van der Waals surface area contributed by atoms with E-state index in [0.717, 1.165) is 5.56 Å². The maximum Gasteiger partial charge on any atom is 0.227 e. The van der Waals surface area contributed by atoms with E-state index < -0.39 is 6.04 Å². The third kappa shape index (κ3) is 3.97. The highest BCUT2D eigenvalue weighted by atomic mass is 35.5. The monoisotopic (exact) mass is 478 g/mol. The van der Waals surface area contributed by atoms with Crippen LogP contribution in [-0.2, 0) is 10.5 Å². The Balaban J connectivity index is 1.75. The lowest BCUT2D eigenvalue weighted by Gasteiger charge is -2.29. The number of hydrogen-bond acceptors (Lipinski definition) is 5. The van der Waals surface area contributed by atoms with Crippen LogP contribution in [0.25, 0.3) is 0 Å². The highest BCUT2D eigenvalue weighted by Crippen LogP contribution is 2.42. The molecule has 0 spiro atoms. The average Bonchev–Trinajstić information content (AvgIpc) is 3.09. The van der Waals surface area contributed by atoms with Gasteiger partial charge in [-0.2, -0.15) is 4.98 Å². The third-order valence-electron chi connectivity index (χ3n) is 4.80. The van der Waals surface area contributed by atoms with Gasteiger partial charge in [0.25, 0.3) is 0 Å².